The van der Waals surface area contributed by atoms with Crippen LogP contribution in [0.1, 0.15) is 33.6 Å². The Morgan fingerprint density at radius 1 is 1.00 bits per heavy atom. The fraction of sp³-hybridized carbons (Fsp3) is 0.652. The van der Waals surface area contributed by atoms with Gasteiger partial charge in [-0.25, -0.2) is 4.79 Å². The van der Waals surface area contributed by atoms with Gasteiger partial charge in [-0.1, -0.05) is 23.7 Å². The molecule has 172 valence electrons. The summed E-state index contributed by atoms with van der Waals surface area (Å²) in [5, 5.41) is 0.621. The number of ether oxygens (including phenoxy) is 2. The summed E-state index contributed by atoms with van der Waals surface area (Å²) in [5.74, 6) is 0.917. The molecule has 0 atom stereocenters. The minimum absolute atomic E-state index is 0.00575. The SMILES string of the molecule is CC(C)(C)OC(=O)N1CCC(C(=O)N2CCN(CCOc3ccccc3Cl)CC2)CC1. The number of hydrogen-bond acceptors (Lipinski definition) is 5. The summed E-state index contributed by atoms with van der Waals surface area (Å²) in [6.07, 6.45) is 1.11. The molecule has 0 bridgehead atoms. The van der Waals surface area contributed by atoms with Crippen LogP contribution < -0.4 is 4.74 Å². The van der Waals surface area contributed by atoms with Crippen LogP contribution in [-0.4, -0.2) is 84.7 Å². The third-order valence-electron chi connectivity index (χ3n) is 5.68. The maximum absolute atomic E-state index is 12.9. The van der Waals surface area contributed by atoms with Gasteiger partial charge in [-0.3, -0.25) is 9.69 Å². The number of rotatable bonds is 5. The first-order chi connectivity index (χ1) is 14.7. The summed E-state index contributed by atoms with van der Waals surface area (Å²) < 4.78 is 11.2. The molecule has 31 heavy (non-hydrogen) atoms. The van der Waals surface area contributed by atoms with Gasteiger partial charge in [-0.05, 0) is 45.7 Å². The second-order valence-electron chi connectivity index (χ2n) is 9.19. The number of piperidine rings is 1. The quantitative estimate of drug-likeness (QED) is 0.685. The summed E-state index contributed by atoms with van der Waals surface area (Å²) in [6.45, 7) is 11.3. The van der Waals surface area contributed by atoms with Crippen molar-refractivity contribution in [2.75, 3.05) is 52.4 Å². The Labute approximate surface area is 190 Å². The molecule has 8 heteroatoms. The number of carbonyl (C=O) groups excluding carboxylic acids is 2. The van der Waals surface area contributed by atoms with E-state index in [0.29, 0.717) is 43.3 Å². The number of halogens is 1. The maximum Gasteiger partial charge on any atom is 0.410 e. The molecule has 0 aromatic heterocycles. The van der Waals surface area contributed by atoms with Crippen molar-refractivity contribution in [3.8, 4) is 5.75 Å². The standard InChI is InChI=1S/C23H34ClN3O4/c1-23(2,3)31-22(29)27-10-8-18(9-11-27)21(28)26-14-12-25(13-15-26)16-17-30-20-7-5-4-6-19(20)24/h4-7,18H,8-17H2,1-3H3. The van der Waals surface area contributed by atoms with Gasteiger partial charge in [0.05, 0.1) is 5.02 Å². The number of para-hydroxylation sites is 1. The summed E-state index contributed by atoms with van der Waals surface area (Å²) in [7, 11) is 0. The average molecular weight is 452 g/mol. The van der Waals surface area contributed by atoms with Crippen molar-refractivity contribution in [3.63, 3.8) is 0 Å². The van der Waals surface area contributed by atoms with E-state index < -0.39 is 5.60 Å². The first-order valence-corrected chi connectivity index (χ1v) is 11.5. The number of nitrogens with zero attached hydrogens (tertiary/aromatic N) is 3. The van der Waals surface area contributed by atoms with Crippen LogP contribution in [0.3, 0.4) is 0 Å². The highest BCUT2D eigenvalue weighted by Gasteiger charge is 2.33. The molecule has 0 radical (unpaired) electrons. The summed E-state index contributed by atoms with van der Waals surface area (Å²) in [5.41, 5.74) is -0.498. The predicted molar refractivity (Wildman–Crippen MR) is 120 cm³/mol. The lowest BCUT2D eigenvalue weighted by molar-refractivity contribution is -0.138. The van der Waals surface area contributed by atoms with E-state index in [1.54, 1.807) is 4.90 Å². The van der Waals surface area contributed by atoms with Gasteiger partial charge < -0.3 is 19.3 Å². The van der Waals surface area contributed by atoms with Crippen molar-refractivity contribution in [2.24, 2.45) is 5.92 Å². The summed E-state index contributed by atoms with van der Waals surface area (Å²) in [6, 6.07) is 7.47. The fourth-order valence-corrected chi connectivity index (χ4v) is 4.12. The molecule has 1 aromatic rings. The van der Waals surface area contributed by atoms with E-state index in [1.165, 1.54) is 0 Å². The van der Waals surface area contributed by atoms with Crippen molar-refractivity contribution < 1.29 is 19.1 Å². The first kappa shape index (κ1) is 23.7. The van der Waals surface area contributed by atoms with Gasteiger partial charge >= 0.3 is 6.09 Å². The van der Waals surface area contributed by atoms with Crippen LogP contribution in [0, 0.1) is 5.92 Å². The Kier molecular flexibility index (Phi) is 8.06. The summed E-state index contributed by atoms with van der Waals surface area (Å²) >= 11 is 6.12. The first-order valence-electron chi connectivity index (χ1n) is 11.1. The van der Waals surface area contributed by atoms with Crippen LogP contribution in [0.2, 0.25) is 5.02 Å². The molecular formula is C23H34ClN3O4. The molecule has 0 aliphatic carbocycles. The molecular weight excluding hydrogens is 418 g/mol. The summed E-state index contributed by atoms with van der Waals surface area (Å²) in [4.78, 5) is 31.1. The Bertz CT molecular complexity index is 751. The smallest absolute Gasteiger partial charge is 0.410 e. The van der Waals surface area contributed by atoms with Crippen LogP contribution >= 0.6 is 11.6 Å². The van der Waals surface area contributed by atoms with E-state index in [9.17, 15) is 9.59 Å². The normalized spacial score (nSPS) is 18.7. The minimum Gasteiger partial charge on any atom is -0.491 e. The number of benzene rings is 1. The van der Waals surface area contributed by atoms with E-state index in [1.807, 2.05) is 49.9 Å². The van der Waals surface area contributed by atoms with Crippen LogP contribution in [0.15, 0.2) is 24.3 Å². The Balaban J connectivity index is 1.36. The predicted octanol–water partition coefficient (Wildman–Crippen LogP) is 3.51. The van der Waals surface area contributed by atoms with Crippen molar-refractivity contribution in [1.29, 1.82) is 0 Å². The lowest BCUT2D eigenvalue weighted by Crippen LogP contribution is -2.52. The third-order valence-corrected chi connectivity index (χ3v) is 5.99. The molecule has 0 spiro atoms. The van der Waals surface area contributed by atoms with Crippen LogP contribution in [0.25, 0.3) is 0 Å². The lowest BCUT2D eigenvalue weighted by atomic mass is 9.95. The van der Waals surface area contributed by atoms with Gasteiger partial charge in [-0.2, -0.15) is 0 Å². The molecule has 1 aromatic carbocycles. The van der Waals surface area contributed by atoms with E-state index in [0.717, 1.165) is 32.7 Å². The highest BCUT2D eigenvalue weighted by Crippen LogP contribution is 2.24. The largest absolute Gasteiger partial charge is 0.491 e. The maximum atomic E-state index is 12.9. The number of carbonyl (C=O) groups is 2. The molecule has 2 aliphatic heterocycles. The van der Waals surface area contributed by atoms with Gasteiger partial charge in [0.15, 0.2) is 0 Å². The lowest BCUT2D eigenvalue weighted by Gasteiger charge is -2.38. The highest BCUT2D eigenvalue weighted by atomic mass is 35.5. The number of likely N-dealkylation sites (tertiary alicyclic amines) is 1. The van der Waals surface area contributed by atoms with Gasteiger partial charge in [-0.15, -0.1) is 0 Å². The zero-order chi connectivity index (χ0) is 22.4. The third kappa shape index (κ3) is 7.01. The molecule has 7 nitrogen and oxygen atoms in total. The second kappa shape index (κ2) is 10.6. The average Bonchev–Trinajstić information content (AvgIpc) is 2.74. The fourth-order valence-electron chi connectivity index (χ4n) is 3.93. The molecule has 0 unspecified atom stereocenters. The molecule has 3 rings (SSSR count). The van der Waals surface area contributed by atoms with Crippen molar-refractivity contribution in [2.45, 2.75) is 39.2 Å². The van der Waals surface area contributed by atoms with Gasteiger partial charge in [0.2, 0.25) is 5.91 Å². The topological polar surface area (TPSA) is 62.3 Å². The van der Waals surface area contributed by atoms with Crippen molar-refractivity contribution >= 4 is 23.6 Å². The van der Waals surface area contributed by atoms with E-state index >= 15 is 0 Å². The van der Waals surface area contributed by atoms with E-state index in [-0.39, 0.29) is 17.9 Å². The Morgan fingerprint density at radius 3 is 2.26 bits per heavy atom. The molecule has 2 saturated heterocycles. The van der Waals surface area contributed by atoms with Crippen molar-refractivity contribution in [1.82, 2.24) is 14.7 Å². The number of piperazine rings is 1. The molecule has 0 saturated carbocycles. The minimum atomic E-state index is -0.498. The van der Waals surface area contributed by atoms with Crippen LogP contribution in [0.5, 0.6) is 5.75 Å². The zero-order valence-corrected chi connectivity index (χ0v) is 19.6. The van der Waals surface area contributed by atoms with Crippen LogP contribution in [0.4, 0.5) is 4.79 Å². The number of hydrogen-bond donors (Lipinski definition) is 0. The molecule has 0 N–H and O–H groups in total. The molecule has 2 aliphatic rings. The number of amides is 2. The van der Waals surface area contributed by atoms with Gasteiger partial charge in [0.25, 0.3) is 0 Å². The zero-order valence-electron chi connectivity index (χ0n) is 18.8. The Hall–Kier alpha value is -1.99. The van der Waals surface area contributed by atoms with Gasteiger partial charge in [0, 0.05) is 51.7 Å². The highest BCUT2D eigenvalue weighted by molar-refractivity contribution is 6.32. The van der Waals surface area contributed by atoms with Gasteiger partial charge in [0.1, 0.15) is 18.0 Å². The van der Waals surface area contributed by atoms with Crippen molar-refractivity contribution in [3.05, 3.63) is 29.3 Å². The van der Waals surface area contributed by atoms with E-state index in [2.05, 4.69) is 4.90 Å². The monoisotopic (exact) mass is 451 g/mol. The second-order valence-corrected chi connectivity index (χ2v) is 9.59. The molecule has 2 heterocycles. The van der Waals surface area contributed by atoms with Crippen LogP contribution in [-0.2, 0) is 9.53 Å². The Morgan fingerprint density at radius 2 is 1.65 bits per heavy atom. The molecule has 2 fully saturated rings. The van der Waals surface area contributed by atoms with E-state index in [4.69, 9.17) is 21.1 Å². The molecule has 2 amide bonds.